The predicted octanol–water partition coefficient (Wildman–Crippen LogP) is 3.05. The Bertz CT molecular complexity index is 342. The van der Waals surface area contributed by atoms with Gasteiger partial charge in [-0.05, 0) is 36.6 Å². The van der Waals surface area contributed by atoms with Crippen LogP contribution in [-0.2, 0) is 4.79 Å². The summed E-state index contributed by atoms with van der Waals surface area (Å²) in [5.41, 5.74) is 0.301. The lowest BCUT2D eigenvalue weighted by molar-refractivity contribution is -0.134. The van der Waals surface area contributed by atoms with E-state index in [0.29, 0.717) is 11.9 Å². The van der Waals surface area contributed by atoms with Crippen molar-refractivity contribution >= 4 is 5.91 Å². The van der Waals surface area contributed by atoms with Crippen LogP contribution in [0.2, 0.25) is 0 Å². The first kappa shape index (κ1) is 15.8. The van der Waals surface area contributed by atoms with Crippen LogP contribution < -0.4 is 5.32 Å². The van der Waals surface area contributed by atoms with Crippen molar-refractivity contribution in [2.24, 2.45) is 16.7 Å². The Labute approximate surface area is 124 Å². The van der Waals surface area contributed by atoms with E-state index in [4.69, 9.17) is 0 Å². The first-order valence-corrected chi connectivity index (χ1v) is 8.34. The molecule has 2 fully saturated rings. The van der Waals surface area contributed by atoms with Gasteiger partial charge in [-0.15, -0.1) is 0 Å². The Morgan fingerprint density at radius 2 is 1.90 bits per heavy atom. The largest absolute Gasteiger partial charge is 0.341 e. The van der Waals surface area contributed by atoms with E-state index in [1.54, 1.807) is 0 Å². The lowest BCUT2D eigenvalue weighted by atomic mass is 10.0. The molecule has 116 valence electrons. The van der Waals surface area contributed by atoms with Crippen molar-refractivity contribution in [1.82, 2.24) is 10.2 Å². The van der Waals surface area contributed by atoms with Gasteiger partial charge >= 0.3 is 0 Å². The molecule has 0 aromatic heterocycles. The maximum absolute atomic E-state index is 12.9. The summed E-state index contributed by atoms with van der Waals surface area (Å²) in [5.74, 6) is 0.593. The highest BCUT2D eigenvalue weighted by Crippen LogP contribution is 2.68. The van der Waals surface area contributed by atoms with Crippen molar-refractivity contribution < 1.29 is 4.79 Å². The van der Waals surface area contributed by atoms with Gasteiger partial charge in [-0.3, -0.25) is 4.79 Å². The molecule has 0 aromatic carbocycles. The molecular weight excluding hydrogens is 248 g/mol. The minimum Gasteiger partial charge on any atom is -0.341 e. The van der Waals surface area contributed by atoms with Gasteiger partial charge in [0.2, 0.25) is 5.91 Å². The molecule has 0 radical (unpaired) electrons. The summed E-state index contributed by atoms with van der Waals surface area (Å²) in [6.07, 6.45) is 4.74. The average Bonchev–Trinajstić information content (AvgIpc) is 2.77. The Morgan fingerprint density at radius 1 is 1.25 bits per heavy atom. The molecule has 3 nitrogen and oxygen atoms in total. The number of rotatable bonds is 6. The topological polar surface area (TPSA) is 32.3 Å². The Balaban J connectivity index is 2.00. The molecule has 0 spiro atoms. The number of nitrogens with zero attached hydrogens (tertiary/aromatic N) is 1. The molecule has 1 saturated carbocycles. The van der Waals surface area contributed by atoms with E-state index in [2.05, 4.69) is 44.8 Å². The van der Waals surface area contributed by atoms with Gasteiger partial charge in [0.15, 0.2) is 0 Å². The highest BCUT2D eigenvalue weighted by atomic mass is 16.2. The number of nitrogens with one attached hydrogen (secondary N) is 1. The summed E-state index contributed by atoms with van der Waals surface area (Å²) in [4.78, 5) is 15.1. The van der Waals surface area contributed by atoms with Gasteiger partial charge in [0, 0.05) is 25.0 Å². The lowest BCUT2D eigenvalue weighted by Crippen LogP contribution is -2.43. The second-order valence-electron chi connectivity index (χ2n) is 7.81. The zero-order chi connectivity index (χ0) is 15.0. The highest BCUT2D eigenvalue weighted by Gasteiger charge is 2.68. The number of hydrogen-bond donors (Lipinski definition) is 1. The van der Waals surface area contributed by atoms with Gasteiger partial charge in [0.05, 0.1) is 0 Å². The van der Waals surface area contributed by atoms with E-state index in [0.717, 1.165) is 32.5 Å². The molecule has 1 N–H and O–H groups in total. The van der Waals surface area contributed by atoms with Gasteiger partial charge in [0.25, 0.3) is 0 Å². The van der Waals surface area contributed by atoms with Crippen LogP contribution in [0.25, 0.3) is 0 Å². The second kappa shape index (κ2) is 5.67. The first-order chi connectivity index (χ1) is 9.32. The van der Waals surface area contributed by atoms with Crippen molar-refractivity contribution in [2.45, 2.75) is 66.3 Å². The number of hydrogen-bond acceptors (Lipinski definition) is 2. The van der Waals surface area contributed by atoms with Crippen molar-refractivity contribution in [3.63, 3.8) is 0 Å². The summed E-state index contributed by atoms with van der Waals surface area (Å²) in [6.45, 7) is 14.1. The Kier molecular flexibility index (Phi) is 4.48. The quantitative estimate of drug-likeness (QED) is 0.811. The number of carbonyl (C=O) groups excluding carboxylic acids is 1. The number of unbranched alkanes of at least 4 members (excludes halogenated alkanes) is 1. The van der Waals surface area contributed by atoms with Crippen LogP contribution in [0.4, 0.5) is 0 Å². The van der Waals surface area contributed by atoms with Crippen LogP contribution in [0.15, 0.2) is 0 Å². The molecule has 2 rings (SSSR count). The minimum atomic E-state index is 0.150. The lowest BCUT2D eigenvalue weighted by Gasteiger charge is -2.27. The monoisotopic (exact) mass is 280 g/mol. The maximum Gasteiger partial charge on any atom is 0.226 e. The standard InChI is InChI=1S/C17H32N2O/c1-6-7-11-19(12-13-9-8-10-18-13)15(20)14-16(2,3)17(14,4)5/h13-14,18H,6-12H2,1-5H3. The summed E-state index contributed by atoms with van der Waals surface area (Å²) in [6, 6.07) is 0.515. The molecule has 1 unspecified atom stereocenters. The zero-order valence-electron chi connectivity index (χ0n) is 14.0. The van der Waals surface area contributed by atoms with Crippen molar-refractivity contribution in [1.29, 1.82) is 0 Å². The molecule has 1 aliphatic heterocycles. The fourth-order valence-electron chi connectivity index (χ4n) is 3.82. The van der Waals surface area contributed by atoms with E-state index < -0.39 is 0 Å². The second-order valence-corrected chi connectivity index (χ2v) is 7.81. The van der Waals surface area contributed by atoms with Crippen LogP contribution in [-0.4, -0.2) is 36.5 Å². The molecule has 0 aromatic rings. The average molecular weight is 280 g/mol. The van der Waals surface area contributed by atoms with E-state index >= 15 is 0 Å². The van der Waals surface area contributed by atoms with Crippen LogP contribution in [0.1, 0.15) is 60.3 Å². The van der Waals surface area contributed by atoms with Crippen LogP contribution in [0.5, 0.6) is 0 Å². The molecule has 1 heterocycles. The Hall–Kier alpha value is -0.570. The summed E-state index contributed by atoms with van der Waals surface area (Å²) in [7, 11) is 0. The molecule has 1 atom stereocenters. The first-order valence-electron chi connectivity index (χ1n) is 8.34. The Morgan fingerprint density at radius 3 is 2.35 bits per heavy atom. The third-order valence-electron chi connectivity index (χ3n) is 5.96. The molecule has 1 amide bonds. The molecule has 1 aliphatic carbocycles. The summed E-state index contributed by atoms with van der Waals surface area (Å²) < 4.78 is 0. The van der Waals surface area contributed by atoms with Crippen LogP contribution >= 0.6 is 0 Å². The third kappa shape index (κ3) is 2.74. The van der Waals surface area contributed by atoms with E-state index in [9.17, 15) is 4.79 Å². The van der Waals surface area contributed by atoms with Gasteiger partial charge in [-0.1, -0.05) is 41.0 Å². The van der Waals surface area contributed by atoms with E-state index in [1.807, 2.05) is 0 Å². The normalized spacial score (nSPS) is 27.6. The summed E-state index contributed by atoms with van der Waals surface area (Å²) >= 11 is 0. The zero-order valence-corrected chi connectivity index (χ0v) is 14.0. The summed E-state index contributed by atoms with van der Waals surface area (Å²) in [5, 5.41) is 3.53. The molecule has 20 heavy (non-hydrogen) atoms. The van der Waals surface area contributed by atoms with Crippen molar-refractivity contribution in [3.8, 4) is 0 Å². The maximum atomic E-state index is 12.9. The fourth-order valence-corrected chi connectivity index (χ4v) is 3.82. The predicted molar refractivity (Wildman–Crippen MR) is 83.6 cm³/mol. The van der Waals surface area contributed by atoms with Crippen LogP contribution in [0, 0.1) is 16.7 Å². The van der Waals surface area contributed by atoms with Gasteiger partial charge in [-0.25, -0.2) is 0 Å². The minimum absolute atomic E-state index is 0.150. The highest BCUT2D eigenvalue weighted by molar-refractivity contribution is 5.84. The molecule has 3 heteroatoms. The van der Waals surface area contributed by atoms with Crippen molar-refractivity contribution in [2.75, 3.05) is 19.6 Å². The molecule has 0 bridgehead atoms. The van der Waals surface area contributed by atoms with Gasteiger partial charge < -0.3 is 10.2 Å². The van der Waals surface area contributed by atoms with Crippen LogP contribution in [0.3, 0.4) is 0 Å². The van der Waals surface area contributed by atoms with Crippen molar-refractivity contribution in [3.05, 3.63) is 0 Å². The van der Waals surface area contributed by atoms with E-state index in [-0.39, 0.29) is 16.7 Å². The SMILES string of the molecule is CCCCN(CC1CCCN1)C(=O)C1C(C)(C)C1(C)C. The fraction of sp³-hybridized carbons (Fsp3) is 0.941. The molecule has 1 saturated heterocycles. The molecular formula is C17H32N2O. The van der Waals surface area contributed by atoms with E-state index in [1.165, 1.54) is 12.8 Å². The smallest absolute Gasteiger partial charge is 0.226 e. The molecule has 2 aliphatic rings. The van der Waals surface area contributed by atoms with Gasteiger partial charge in [0.1, 0.15) is 0 Å². The third-order valence-corrected chi connectivity index (χ3v) is 5.96. The van der Waals surface area contributed by atoms with Gasteiger partial charge in [-0.2, -0.15) is 0 Å². The number of amides is 1. The number of carbonyl (C=O) groups is 1.